The molecule has 0 spiro atoms. The Morgan fingerprint density at radius 2 is 2.31 bits per heavy atom. The largest absolute Gasteiger partial charge is 0.480 e. The van der Waals surface area contributed by atoms with Gasteiger partial charge in [-0.2, -0.15) is 0 Å². The summed E-state index contributed by atoms with van der Waals surface area (Å²) in [5.74, 6) is -1.15. The van der Waals surface area contributed by atoms with Crippen molar-refractivity contribution >= 4 is 11.8 Å². The summed E-state index contributed by atoms with van der Waals surface area (Å²) >= 11 is 0. The van der Waals surface area contributed by atoms with Gasteiger partial charge in [0.1, 0.15) is 5.41 Å². The molecule has 1 unspecified atom stereocenters. The van der Waals surface area contributed by atoms with E-state index in [0.29, 0.717) is 12.8 Å². The fourth-order valence-corrected chi connectivity index (χ4v) is 2.32. The number of Topliss-reactive ketones (excluding diaryl/α,β-unsaturated/α-hetero) is 1. The van der Waals surface area contributed by atoms with Gasteiger partial charge in [0.15, 0.2) is 5.78 Å². The van der Waals surface area contributed by atoms with Crippen LogP contribution in [0.25, 0.3) is 0 Å². The van der Waals surface area contributed by atoms with E-state index >= 15 is 0 Å². The molecule has 4 heteroatoms. The van der Waals surface area contributed by atoms with E-state index in [1.54, 1.807) is 6.07 Å². The van der Waals surface area contributed by atoms with Crippen molar-refractivity contribution in [3.05, 3.63) is 24.2 Å². The van der Waals surface area contributed by atoms with E-state index in [4.69, 9.17) is 4.42 Å². The predicted octanol–water partition coefficient (Wildman–Crippen LogP) is 2.04. The Labute approximate surface area is 93.3 Å². The summed E-state index contributed by atoms with van der Waals surface area (Å²) in [7, 11) is 0. The number of carboxylic acid groups (broad SMARTS) is 1. The molecule has 16 heavy (non-hydrogen) atoms. The van der Waals surface area contributed by atoms with Crippen molar-refractivity contribution in [2.45, 2.75) is 32.1 Å². The molecule has 1 heterocycles. The van der Waals surface area contributed by atoms with Gasteiger partial charge in [-0.3, -0.25) is 9.59 Å². The van der Waals surface area contributed by atoms with Crippen LogP contribution in [0.2, 0.25) is 0 Å². The van der Waals surface area contributed by atoms with Crippen LogP contribution in [0.3, 0.4) is 0 Å². The number of carbonyl (C=O) groups excluding carboxylic acids is 1. The molecule has 4 nitrogen and oxygen atoms in total. The maximum atomic E-state index is 11.9. The Hall–Kier alpha value is -1.58. The van der Waals surface area contributed by atoms with Gasteiger partial charge >= 0.3 is 5.97 Å². The number of carboxylic acids is 1. The topological polar surface area (TPSA) is 67.5 Å². The Bertz CT molecular complexity index is 393. The minimum atomic E-state index is -1.22. The van der Waals surface area contributed by atoms with Crippen molar-refractivity contribution < 1.29 is 19.1 Å². The van der Waals surface area contributed by atoms with E-state index in [-0.39, 0.29) is 12.2 Å². The number of carbonyl (C=O) groups is 2. The smallest absolute Gasteiger partial charge is 0.317 e. The van der Waals surface area contributed by atoms with Crippen molar-refractivity contribution in [1.29, 1.82) is 0 Å². The Morgan fingerprint density at radius 1 is 1.50 bits per heavy atom. The highest BCUT2D eigenvalue weighted by atomic mass is 16.4. The van der Waals surface area contributed by atoms with Crippen LogP contribution in [0.4, 0.5) is 0 Å². The molecule has 1 fully saturated rings. The molecule has 0 amide bonds. The summed E-state index contributed by atoms with van der Waals surface area (Å²) < 4.78 is 4.91. The first-order chi connectivity index (χ1) is 7.65. The molecule has 1 aromatic heterocycles. The van der Waals surface area contributed by atoms with Gasteiger partial charge in [0.05, 0.1) is 12.5 Å². The maximum Gasteiger partial charge on any atom is 0.317 e. The molecule has 0 aromatic carbocycles. The number of rotatable bonds is 3. The number of hydrogen-bond donors (Lipinski definition) is 1. The number of furan rings is 1. The second-order valence-corrected chi connectivity index (χ2v) is 4.33. The van der Waals surface area contributed by atoms with Crippen LogP contribution in [0.5, 0.6) is 0 Å². The zero-order chi connectivity index (χ0) is 11.6. The minimum absolute atomic E-state index is 0.146. The third-order valence-corrected chi connectivity index (χ3v) is 3.29. The van der Waals surface area contributed by atoms with Crippen molar-refractivity contribution in [2.75, 3.05) is 0 Å². The van der Waals surface area contributed by atoms with Crippen molar-refractivity contribution in [2.24, 2.45) is 5.41 Å². The first kappa shape index (κ1) is 10.9. The first-order valence-corrected chi connectivity index (χ1v) is 5.43. The Morgan fingerprint density at radius 3 is 2.88 bits per heavy atom. The first-order valence-electron chi connectivity index (χ1n) is 5.43. The quantitative estimate of drug-likeness (QED) is 0.794. The molecule has 1 aliphatic rings. The average molecular weight is 222 g/mol. The van der Waals surface area contributed by atoms with Crippen molar-refractivity contribution in [1.82, 2.24) is 0 Å². The number of ketones is 1. The van der Waals surface area contributed by atoms with E-state index in [9.17, 15) is 14.7 Å². The van der Waals surface area contributed by atoms with Crippen LogP contribution < -0.4 is 0 Å². The fraction of sp³-hybridized carbons (Fsp3) is 0.500. The van der Waals surface area contributed by atoms with Gasteiger partial charge in [0.2, 0.25) is 0 Å². The highest BCUT2D eigenvalue weighted by Gasteiger charge is 2.46. The van der Waals surface area contributed by atoms with E-state index in [0.717, 1.165) is 18.4 Å². The molecule has 0 saturated heterocycles. The minimum Gasteiger partial charge on any atom is -0.480 e. The van der Waals surface area contributed by atoms with Crippen LogP contribution in [-0.4, -0.2) is 16.9 Å². The molecule has 2 rings (SSSR count). The average Bonchev–Trinajstić information content (AvgIpc) is 2.74. The zero-order valence-electron chi connectivity index (χ0n) is 8.94. The molecule has 1 saturated carbocycles. The maximum absolute atomic E-state index is 11.9. The third-order valence-electron chi connectivity index (χ3n) is 3.29. The second-order valence-electron chi connectivity index (χ2n) is 4.33. The Balaban J connectivity index is 2.27. The van der Waals surface area contributed by atoms with E-state index in [1.165, 1.54) is 12.5 Å². The van der Waals surface area contributed by atoms with E-state index < -0.39 is 11.4 Å². The summed E-state index contributed by atoms with van der Waals surface area (Å²) in [6.07, 6.45) is 5.67. The van der Waals surface area contributed by atoms with Crippen LogP contribution in [-0.2, 0) is 16.0 Å². The summed E-state index contributed by atoms with van der Waals surface area (Å²) in [6.45, 7) is 0. The second kappa shape index (κ2) is 4.12. The lowest BCUT2D eigenvalue weighted by Gasteiger charge is -2.31. The lowest BCUT2D eigenvalue weighted by atomic mass is 9.69. The van der Waals surface area contributed by atoms with Crippen LogP contribution >= 0.6 is 0 Å². The lowest BCUT2D eigenvalue weighted by molar-refractivity contribution is -0.157. The number of aliphatic carboxylic acids is 1. The summed E-state index contributed by atoms with van der Waals surface area (Å²) in [5.41, 5.74) is -0.445. The molecule has 0 bridgehead atoms. The third kappa shape index (κ3) is 1.75. The molecule has 1 N–H and O–H groups in total. The van der Waals surface area contributed by atoms with E-state index in [2.05, 4.69) is 0 Å². The highest BCUT2D eigenvalue weighted by Crippen LogP contribution is 2.36. The van der Waals surface area contributed by atoms with Crippen LogP contribution in [0.1, 0.15) is 31.2 Å². The molecule has 86 valence electrons. The molecule has 0 radical (unpaired) electrons. The van der Waals surface area contributed by atoms with Gasteiger partial charge < -0.3 is 9.52 Å². The summed E-state index contributed by atoms with van der Waals surface area (Å²) in [4.78, 5) is 23.2. The van der Waals surface area contributed by atoms with Gasteiger partial charge in [-0.15, -0.1) is 0 Å². The monoisotopic (exact) mass is 222 g/mol. The molecular formula is C12H14O4. The van der Waals surface area contributed by atoms with Gasteiger partial charge in [-0.1, -0.05) is 6.42 Å². The number of hydrogen-bond acceptors (Lipinski definition) is 3. The summed E-state index contributed by atoms with van der Waals surface area (Å²) in [5, 5.41) is 9.31. The van der Waals surface area contributed by atoms with E-state index in [1.807, 2.05) is 0 Å². The molecule has 1 aromatic rings. The molecule has 1 atom stereocenters. The van der Waals surface area contributed by atoms with Gasteiger partial charge in [0, 0.05) is 6.42 Å². The summed E-state index contributed by atoms with van der Waals surface area (Å²) in [6, 6.07) is 1.71. The molecule has 1 aliphatic carbocycles. The van der Waals surface area contributed by atoms with Gasteiger partial charge in [-0.05, 0) is 30.9 Å². The van der Waals surface area contributed by atoms with Crippen LogP contribution in [0, 0.1) is 5.41 Å². The SMILES string of the molecule is O=C(O)C1(Cc2ccoc2)CCCCC1=O. The Kier molecular flexibility index (Phi) is 2.81. The van der Waals surface area contributed by atoms with Crippen LogP contribution in [0.15, 0.2) is 23.0 Å². The fourth-order valence-electron chi connectivity index (χ4n) is 2.32. The predicted molar refractivity (Wildman–Crippen MR) is 56.0 cm³/mol. The molecule has 0 aliphatic heterocycles. The molecular weight excluding hydrogens is 208 g/mol. The lowest BCUT2D eigenvalue weighted by Crippen LogP contribution is -2.43. The standard InChI is InChI=1S/C12H14O4/c13-10-3-1-2-5-12(10,11(14)15)7-9-4-6-16-8-9/h4,6,8H,1-3,5,7H2,(H,14,15). The zero-order valence-corrected chi connectivity index (χ0v) is 8.94. The van der Waals surface area contributed by atoms with Crippen molar-refractivity contribution in [3.63, 3.8) is 0 Å². The normalized spacial score (nSPS) is 25.6. The van der Waals surface area contributed by atoms with Crippen molar-refractivity contribution in [3.8, 4) is 0 Å². The van der Waals surface area contributed by atoms with Gasteiger partial charge in [0.25, 0.3) is 0 Å². The highest BCUT2D eigenvalue weighted by molar-refractivity contribution is 6.03. The van der Waals surface area contributed by atoms with Gasteiger partial charge in [-0.25, -0.2) is 0 Å².